The summed E-state index contributed by atoms with van der Waals surface area (Å²) in [5.41, 5.74) is -1.79. The standard InChI is InChI=1S/C17H10BrF6N7O/c18-13(12(15(32)29-25)11-6-26-1-2-27-11)31-7-28-14(30-31)8-3-9(16(19,20)21)5-10(4-8)17(22,23)24/h1-7H,25H2,(H,29,32)/b13-12+. The van der Waals surface area contributed by atoms with Crippen LogP contribution in [0.5, 0.6) is 0 Å². The SMILES string of the molecule is NNC(=O)/C(=C(\Br)n1cnc(-c2cc(C(F)(F)F)cc(C(F)(F)F)c2)n1)c1cnccn1. The van der Waals surface area contributed by atoms with Crippen LogP contribution in [0.2, 0.25) is 0 Å². The number of aromatic nitrogens is 5. The number of nitrogens with two attached hydrogens (primary N) is 1. The van der Waals surface area contributed by atoms with E-state index in [2.05, 4.69) is 36.0 Å². The summed E-state index contributed by atoms with van der Waals surface area (Å²) in [6, 6.07) is 0.972. The van der Waals surface area contributed by atoms with Gasteiger partial charge < -0.3 is 0 Å². The van der Waals surface area contributed by atoms with E-state index in [4.69, 9.17) is 5.84 Å². The van der Waals surface area contributed by atoms with Crippen molar-refractivity contribution < 1.29 is 31.1 Å². The summed E-state index contributed by atoms with van der Waals surface area (Å²) in [6.45, 7) is 0. The molecule has 2 heterocycles. The summed E-state index contributed by atoms with van der Waals surface area (Å²) in [6.07, 6.45) is -5.23. The van der Waals surface area contributed by atoms with Gasteiger partial charge in [0.2, 0.25) is 0 Å². The molecule has 2 aromatic heterocycles. The number of nitrogens with zero attached hydrogens (tertiary/aromatic N) is 5. The predicted molar refractivity (Wildman–Crippen MR) is 102 cm³/mol. The Morgan fingerprint density at radius 3 is 2.12 bits per heavy atom. The minimum Gasteiger partial charge on any atom is -0.290 e. The monoisotopic (exact) mass is 521 g/mol. The maximum absolute atomic E-state index is 13.1. The van der Waals surface area contributed by atoms with E-state index < -0.39 is 40.8 Å². The Morgan fingerprint density at radius 1 is 1.00 bits per heavy atom. The number of benzene rings is 1. The smallest absolute Gasteiger partial charge is 0.290 e. The Bertz CT molecular complexity index is 1140. The van der Waals surface area contributed by atoms with Gasteiger partial charge in [0.1, 0.15) is 16.5 Å². The summed E-state index contributed by atoms with van der Waals surface area (Å²) in [5.74, 6) is 3.90. The first-order chi connectivity index (χ1) is 14.9. The molecule has 0 aliphatic heterocycles. The third-order valence-electron chi connectivity index (χ3n) is 3.92. The molecule has 0 fully saturated rings. The van der Waals surface area contributed by atoms with E-state index in [9.17, 15) is 31.1 Å². The highest BCUT2D eigenvalue weighted by atomic mass is 79.9. The minimum absolute atomic E-state index is 0.00588. The maximum atomic E-state index is 13.1. The van der Waals surface area contributed by atoms with E-state index >= 15 is 0 Å². The van der Waals surface area contributed by atoms with Crippen LogP contribution in [0.1, 0.15) is 16.8 Å². The number of rotatable bonds is 4. The number of halogens is 7. The minimum atomic E-state index is -5.03. The van der Waals surface area contributed by atoms with Crippen LogP contribution in [-0.2, 0) is 17.1 Å². The van der Waals surface area contributed by atoms with Crippen LogP contribution < -0.4 is 11.3 Å². The largest absolute Gasteiger partial charge is 0.416 e. The van der Waals surface area contributed by atoms with E-state index in [1.54, 1.807) is 0 Å². The summed E-state index contributed by atoms with van der Waals surface area (Å²) in [7, 11) is 0. The highest BCUT2D eigenvalue weighted by molar-refractivity contribution is 9.15. The second-order valence-electron chi connectivity index (χ2n) is 6.04. The fraction of sp³-hybridized carbons (Fsp3) is 0.118. The van der Waals surface area contributed by atoms with Crippen LogP contribution in [-0.4, -0.2) is 30.6 Å². The normalized spacial score (nSPS) is 13.0. The number of alkyl halides is 6. The number of amides is 1. The van der Waals surface area contributed by atoms with Crippen molar-refractivity contribution in [2.45, 2.75) is 12.4 Å². The molecule has 0 radical (unpaired) electrons. The number of carbonyl (C=O) groups is 1. The van der Waals surface area contributed by atoms with Crippen LogP contribution in [0.3, 0.4) is 0 Å². The third kappa shape index (κ3) is 4.94. The zero-order valence-electron chi connectivity index (χ0n) is 15.4. The van der Waals surface area contributed by atoms with Crippen molar-refractivity contribution >= 4 is 32.0 Å². The van der Waals surface area contributed by atoms with Crippen LogP contribution >= 0.6 is 15.9 Å². The average Bonchev–Trinajstić information content (AvgIpc) is 3.23. The van der Waals surface area contributed by atoms with Crippen LogP contribution in [0.4, 0.5) is 26.3 Å². The predicted octanol–water partition coefficient (Wildman–Crippen LogP) is 3.48. The lowest BCUT2D eigenvalue weighted by Crippen LogP contribution is -2.31. The highest BCUT2D eigenvalue weighted by Crippen LogP contribution is 2.38. The molecular formula is C17H10BrF6N7O. The van der Waals surface area contributed by atoms with Crippen molar-refractivity contribution in [3.63, 3.8) is 0 Å². The van der Waals surface area contributed by atoms with E-state index in [0.29, 0.717) is 12.1 Å². The molecular weight excluding hydrogens is 512 g/mol. The van der Waals surface area contributed by atoms with Gasteiger partial charge in [-0.2, -0.15) is 26.3 Å². The number of hydrazine groups is 1. The molecule has 0 spiro atoms. The highest BCUT2D eigenvalue weighted by Gasteiger charge is 2.37. The Kier molecular flexibility index (Phi) is 6.32. The molecule has 0 unspecified atom stereocenters. The van der Waals surface area contributed by atoms with Crippen molar-refractivity contribution in [2.24, 2.45) is 5.84 Å². The molecule has 0 atom stereocenters. The quantitative estimate of drug-likeness (QED) is 0.179. The fourth-order valence-electron chi connectivity index (χ4n) is 2.50. The molecule has 3 rings (SSSR count). The van der Waals surface area contributed by atoms with Crippen molar-refractivity contribution in [1.82, 2.24) is 30.2 Å². The number of carbonyl (C=O) groups excluding carboxylic acids is 1. The molecule has 8 nitrogen and oxygen atoms in total. The Morgan fingerprint density at radius 2 is 1.62 bits per heavy atom. The van der Waals surface area contributed by atoms with Gasteiger partial charge in [0, 0.05) is 18.0 Å². The van der Waals surface area contributed by atoms with E-state index in [-0.39, 0.29) is 21.9 Å². The average molecular weight is 522 g/mol. The lowest BCUT2D eigenvalue weighted by molar-refractivity contribution is -0.143. The van der Waals surface area contributed by atoms with Gasteiger partial charge in [0.15, 0.2) is 5.82 Å². The van der Waals surface area contributed by atoms with Gasteiger partial charge in [0.25, 0.3) is 5.91 Å². The molecule has 1 amide bonds. The van der Waals surface area contributed by atoms with Gasteiger partial charge in [-0.3, -0.25) is 20.2 Å². The van der Waals surface area contributed by atoms with Gasteiger partial charge in [-0.25, -0.2) is 15.5 Å². The van der Waals surface area contributed by atoms with Crippen molar-refractivity contribution in [2.75, 3.05) is 0 Å². The lowest BCUT2D eigenvalue weighted by Gasteiger charge is -2.13. The van der Waals surface area contributed by atoms with Crippen LogP contribution in [0.25, 0.3) is 21.6 Å². The maximum Gasteiger partial charge on any atom is 0.416 e. The molecule has 3 aromatic rings. The topological polar surface area (TPSA) is 112 Å². The second-order valence-corrected chi connectivity index (χ2v) is 6.79. The van der Waals surface area contributed by atoms with Gasteiger partial charge in [-0.1, -0.05) is 0 Å². The Labute approximate surface area is 183 Å². The van der Waals surface area contributed by atoms with E-state index in [1.807, 2.05) is 5.43 Å². The van der Waals surface area contributed by atoms with Gasteiger partial charge in [-0.05, 0) is 34.1 Å². The molecule has 0 aliphatic carbocycles. The van der Waals surface area contributed by atoms with Crippen molar-refractivity contribution in [3.8, 4) is 11.4 Å². The number of hydrogen-bond acceptors (Lipinski definition) is 6. The number of nitrogens with one attached hydrogen (secondary N) is 1. The summed E-state index contributed by atoms with van der Waals surface area (Å²) in [5, 5.41) is 3.89. The molecule has 168 valence electrons. The van der Waals surface area contributed by atoms with E-state index in [0.717, 1.165) is 11.0 Å². The zero-order valence-corrected chi connectivity index (χ0v) is 17.0. The zero-order chi connectivity index (χ0) is 23.7. The van der Waals surface area contributed by atoms with Gasteiger partial charge in [0.05, 0.1) is 23.0 Å². The second kappa shape index (κ2) is 8.66. The molecule has 32 heavy (non-hydrogen) atoms. The molecule has 0 bridgehead atoms. The first kappa shape index (κ1) is 23.3. The Balaban J connectivity index is 2.14. The molecule has 0 saturated carbocycles. The first-order valence-electron chi connectivity index (χ1n) is 8.31. The van der Waals surface area contributed by atoms with Crippen LogP contribution in [0.15, 0.2) is 43.1 Å². The molecule has 1 aromatic carbocycles. The summed E-state index contributed by atoms with van der Waals surface area (Å²) in [4.78, 5) is 23.8. The van der Waals surface area contributed by atoms with Gasteiger partial charge in [-0.15, -0.1) is 5.10 Å². The number of hydrogen-bond donors (Lipinski definition) is 2. The molecule has 0 saturated heterocycles. The van der Waals surface area contributed by atoms with Gasteiger partial charge >= 0.3 is 12.4 Å². The van der Waals surface area contributed by atoms with Crippen molar-refractivity contribution in [3.05, 3.63) is 59.9 Å². The molecule has 0 aliphatic rings. The third-order valence-corrected chi connectivity index (χ3v) is 4.68. The summed E-state index contributed by atoms with van der Waals surface area (Å²) < 4.78 is 79.5. The van der Waals surface area contributed by atoms with Crippen LogP contribution in [0, 0.1) is 0 Å². The van der Waals surface area contributed by atoms with E-state index in [1.165, 1.54) is 18.6 Å². The molecule has 3 N–H and O–H groups in total. The summed E-state index contributed by atoms with van der Waals surface area (Å²) >= 11 is 3.10. The fourth-order valence-corrected chi connectivity index (χ4v) is 3.06. The molecule has 15 heteroatoms. The van der Waals surface area contributed by atoms with Crippen molar-refractivity contribution in [1.29, 1.82) is 0 Å². The Hall–Kier alpha value is -3.33. The lowest BCUT2D eigenvalue weighted by atomic mass is 10.0. The first-order valence-corrected chi connectivity index (χ1v) is 9.10.